The van der Waals surface area contributed by atoms with Crippen molar-refractivity contribution < 1.29 is 4.74 Å². The zero-order valence-electron chi connectivity index (χ0n) is 10.4. The molecule has 2 aromatic carbocycles. The fraction of sp³-hybridized carbons (Fsp3) is 0.200. The summed E-state index contributed by atoms with van der Waals surface area (Å²) >= 11 is 11.8. The van der Waals surface area contributed by atoms with E-state index in [2.05, 4.69) is 6.07 Å². The minimum absolute atomic E-state index is 0.582. The fourth-order valence-electron chi connectivity index (χ4n) is 1.83. The van der Waals surface area contributed by atoms with E-state index in [0.29, 0.717) is 22.4 Å². The van der Waals surface area contributed by atoms with Gasteiger partial charge in [-0.05, 0) is 48.7 Å². The zero-order chi connectivity index (χ0) is 13.7. The molecule has 4 heteroatoms. The van der Waals surface area contributed by atoms with E-state index in [1.54, 1.807) is 18.2 Å². The third kappa shape index (κ3) is 4.66. The Bertz CT molecular complexity index is 537. The highest BCUT2D eigenvalue weighted by Gasteiger charge is 2.00. The van der Waals surface area contributed by atoms with Gasteiger partial charge in [0.15, 0.2) is 0 Å². The van der Waals surface area contributed by atoms with Gasteiger partial charge in [0.2, 0.25) is 0 Å². The fourth-order valence-corrected chi connectivity index (χ4v) is 2.33. The average Bonchev–Trinajstić information content (AvgIpc) is 2.34. The SMILES string of the molecule is Nc1cccc(CCCOc2cc(Cl)cc(Cl)c2)c1. The van der Waals surface area contributed by atoms with Crippen LogP contribution in [-0.4, -0.2) is 6.61 Å². The first-order valence-corrected chi connectivity index (χ1v) is 6.82. The van der Waals surface area contributed by atoms with Crippen LogP contribution < -0.4 is 10.5 Å². The normalized spacial score (nSPS) is 10.4. The quantitative estimate of drug-likeness (QED) is 0.647. The van der Waals surface area contributed by atoms with Crippen LogP contribution in [0.1, 0.15) is 12.0 Å². The first-order chi connectivity index (χ1) is 9.13. The maximum Gasteiger partial charge on any atom is 0.122 e. The summed E-state index contributed by atoms with van der Waals surface area (Å²) in [6, 6.07) is 13.1. The summed E-state index contributed by atoms with van der Waals surface area (Å²) in [5.41, 5.74) is 7.73. The van der Waals surface area contributed by atoms with Crippen molar-refractivity contribution in [2.45, 2.75) is 12.8 Å². The Hall–Kier alpha value is -1.38. The second kappa shape index (κ2) is 6.69. The smallest absolute Gasteiger partial charge is 0.122 e. The highest BCUT2D eigenvalue weighted by atomic mass is 35.5. The molecule has 0 amide bonds. The number of nitrogen functional groups attached to an aromatic ring is 1. The molecule has 0 aromatic heterocycles. The molecule has 2 rings (SSSR count). The molecule has 19 heavy (non-hydrogen) atoms. The molecule has 2 aromatic rings. The van der Waals surface area contributed by atoms with Crippen molar-refractivity contribution in [3.8, 4) is 5.75 Å². The third-order valence-electron chi connectivity index (χ3n) is 2.67. The van der Waals surface area contributed by atoms with Gasteiger partial charge in [-0.15, -0.1) is 0 Å². The summed E-state index contributed by atoms with van der Waals surface area (Å²) in [6.07, 6.45) is 1.84. The van der Waals surface area contributed by atoms with Crippen LogP contribution >= 0.6 is 23.2 Å². The average molecular weight is 296 g/mol. The number of hydrogen-bond donors (Lipinski definition) is 1. The number of aryl methyl sites for hydroxylation is 1. The van der Waals surface area contributed by atoms with Gasteiger partial charge in [-0.2, -0.15) is 0 Å². The Morgan fingerprint density at radius 3 is 2.42 bits per heavy atom. The van der Waals surface area contributed by atoms with Crippen molar-refractivity contribution in [2.24, 2.45) is 0 Å². The molecule has 0 radical (unpaired) electrons. The van der Waals surface area contributed by atoms with Crippen LogP contribution in [0, 0.1) is 0 Å². The second-order valence-electron chi connectivity index (χ2n) is 4.30. The van der Waals surface area contributed by atoms with Crippen molar-refractivity contribution in [2.75, 3.05) is 12.3 Å². The van der Waals surface area contributed by atoms with Gasteiger partial charge < -0.3 is 10.5 Å². The Morgan fingerprint density at radius 2 is 1.74 bits per heavy atom. The van der Waals surface area contributed by atoms with Gasteiger partial charge in [0.1, 0.15) is 5.75 Å². The molecule has 0 aliphatic rings. The molecular weight excluding hydrogens is 281 g/mol. The molecule has 0 atom stereocenters. The van der Waals surface area contributed by atoms with Crippen molar-refractivity contribution in [3.05, 3.63) is 58.1 Å². The molecule has 0 bridgehead atoms. The van der Waals surface area contributed by atoms with E-state index in [4.69, 9.17) is 33.7 Å². The molecular formula is C15H15Cl2NO. The van der Waals surface area contributed by atoms with E-state index in [0.717, 1.165) is 18.5 Å². The number of anilines is 1. The van der Waals surface area contributed by atoms with Crippen LogP contribution in [0.15, 0.2) is 42.5 Å². The highest BCUT2D eigenvalue weighted by Crippen LogP contribution is 2.24. The molecule has 100 valence electrons. The number of ether oxygens (including phenoxy) is 1. The minimum atomic E-state index is 0.582. The number of benzene rings is 2. The Balaban J connectivity index is 1.80. The first kappa shape index (κ1) is 14.0. The molecule has 0 aliphatic heterocycles. The summed E-state index contributed by atoms with van der Waals surface area (Å²) in [6.45, 7) is 0.617. The lowest BCUT2D eigenvalue weighted by Gasteiger charge is -2.07. The van der Waals surface area contributed by atoms with Crippen molar-refractivity contribution in [3.63, 3.8) is 0 Å². The van der Waals surface area contributed by atoms with Crippen LogP contribution in [-0.2, 0) is 6.42 Å². The van der Waals surface area contributed by atoms with Crippen molar-refractivity contribution in [1.82, 2.24) is 0 Å². The van der Waals surface area contributed by atoms with E-state index in [1.807, 2.05) is 18.2 Å². The Labute approximate surface area is 123 Å². The number of rotatable bonds is 5. The molecule has 0 spiro atoms. The lowest BCUT2D eigenvalue weighted by molar-refractivity contribution is 0.311. The van der Waals surface area contributed by atoms with E-state index in [9.17, 15) is 0 Å². The maximum absolute atomic E-state index is 5.90. The Kier molecular flexibility index (Phi) is 4.94. The summed E-state index contributed by atoms with van der Waals surface area (Å²) in [5.74, 6) is 0.699. The van der Waals surface area contributed by atoms with Gasteiger partial charge in [0.05, 0.1) is 6.61 Å². The van der Waals surface area contributed by atoms with E-state index in [-0.39, 0.29) is 0 Å². The van der Waals surface area contributed by atoms with Gasteiger partial charge >= 0.3 is 0 Å². The summed E-state index contributed by atoms with van der Waals surface area (Å²) in [5, 5.41) is 1.16. The van der Waals surface area contributed by atoms with Gasteiger partial charge in [-0.3, -0.25) is 0 Å². The molecule has 0 saturated carbocycles. The van der Waals surface area contributed by atoms with Crippen LogP contribution in [0.5, 0.6) is 5.75 Å². The zero-order valence-corrected chi connectivity index (χ0v) is 11.9. The first-order valence-electron chi connectivity index (χ1n) is 6.07. The van der Waals surface area contributed by atoms with Gasteiger partial charge in [-0.1, -0.05) is 35.3 Å². The standard InChI is InChI=1S/C15H15Cl2NO/c16-12-8-13(17)10-15(9-12)19-6-2-4-11-3-1-5-14(18)7-11/h1,3,5,7-10H,2,4,6,18H2. The Morgan fingerprint density at radius 1 is 1.00 bits per heavy atom. The van der Waals surface area contributed by atoms with E-state index < -0.39 is 0 Å². The minimum Gasteiger partial charge on any atom is -0.493 e. The second-order valence-corrected chi connectivity index (χ2v) is 5.18. The van der Waals surface area contributed by atoms with Crippen LogP contribution in [0.4, 0.5) is 5.69 Å². The van der Waals surface area contributed by atoms with Gasteiger partial charge in [0, 0.05) is 15.7 Å². The number of nitrogens with two attached hydrogens (primary N) is 1. The third-order valence-corrected chi connectivity index (χ3v) is 3.10. The summed E-state index contributed by atoms with van der Waals surface area (Å²) in [4.78, 5) is 0. The molecule has 0 fully saturated rings. The van der Waals surface area contributed by atoms with E-state index in [1.165, 1.54) is 5.56 Å². The monoisotopic (exact) mass is 295 g/mol. The molecule has 0 saturated heterocycles. The summed E-state index contributed by atoms with van der Waals surface area (Å²) in [7, 11) is 0. The lowest BCUT2D eigenvalue weighted by atomic mass is 10.1. The molecule has 0 aliphatic carbocycles. The maximum atomic E-state index is 5.90. The molecule has 2 N–H and O–H groups in total. The molecule has 2 nitrogen and oxygen atoms in total. The predicted molar refractivity (Wildman–Crippen MR) is 81.1 cm³/mol. The topological polar surface area (TPSA) is 35.2 Å². The largest absolute Gasteiger partial charge is 0.493 e. The molecule has 0 unspecified atom stereocenters. The molecule has 0 heterocycles. The summed E-state index contributed by atoms with van der Waals surface area (Å²) < 4.78 is 5.62. The van der Waals surface area contributed by atoms with Crippen LogP contribution in [0.25, 0.3) is 0 Å². The van der Waals surface area contributed by atoms with Gasteiger partial charge in [-0.25, -0.2) is 0 Å². The van der Waals surface area contributed by atoms with Crippen molar-refractivity contribution in [1.29, 1.82) is 0 Å². The predicted octanol–water partition coefficient (Wildman–Crippen LogP) is 4.59. The lowest BCUT2D eigenvalue weighted by Crippen LogP contribution is -1.99. The van der Waals surface area contributed by atoms with Crippen molar-refractivity contribution >= 4 is 28.9 Å². The number of halogens is 2. The number of hydrogen-bond acceptors (Lipinski definition) is 2. The highest BCUT2D eigenvalue weighted by molar-refractivity contribution is 6.34. The van der Waals surface area contributed by atoms with Crippen LogP contribution in [0.2, 0.25) is 10.0 Å². The van der Waals surface area contributed by atoms with Gasteiger partial charge in [0.25, 0.3) is 0 Å². The van der Waals surface area contributed by atoms with Crippen LogP contribution in [0.3, 0.4) is 0 Å². The van der Waals surface area contributed by atoms with E-state index >= 15 is 0 Å².